The zero-order chi connectivity index (χ0) is 17.1. The molecule has 3 atom stereocenters. The molecule has 2 bridgehead atoms. The molecule has 4 nitrogen and oxygen atoms in total. The number of piperidine rings is 1. The summed E-state index contributed by atoms with van der Waals surface area (Å²) < 4.78 is 0. The van der Waals surface area contributed by atoms with Gasteiger partial charge < -0.3 is 15.1 Å². The van der Waals surface area contributed by atoms with Gasteiger partial charge in [-0.3, -0.25) is 4.79 Å². The van der Waals surface area contributed by atoms with Crippen molar-refractivity contribution in [3.63, 3.8) is 0 Å². The summed E-state index contributed by atoms with van der Waals surface area (Å²) in [6.45, 7) is 4.54. The number of benzene rings is 1. The summed E-state index contributed by atoms with van der Waals surface area (Å²) in [7, 11) is 1.93. The van der Waals surface area contributed by atoms with Gasteiger partial charge in [0.05, 0.1) is 10.7 Å². The summed E-state index contributed by atoms with van der Waals surface area (Å²) in [5, 5.41) is 3.99. The molecular formula is C19H28ClN3O. The highest BCUT2D eigenvalue weighted by molar-refractivity contribution is 6.33. The molecule has 3 saturated heterocycles. The van der Waals surface area contributed by atoms with E-state index in [1.54, 1.807) is 0 Å². The molecular weight excluding hydrogens is 322 g/mol. The van der Waals surface area contributed by atoms with Crippen LogP contribution in [-0.2, 0) is 4.79 Å². The van der Waals surface area contributed by atoms with E-state index in [0.717, 1.165) is 41.8 Å². The van der Waals surface area contributed by atoms with Gasteiger partial charge in [0.1, 0.15) is 0 Å². The minimum absolute atomic E-state index is 0.603. The molecule has 132 valence electrons. The Morgan fingerprint density at radius 2 is 1.83 bits per heavy atom. The van der Waals surface area contributed by atoms with Crippen LogP contribution in [0.3, 0.4) is 0 Å². The van der Waals surface area contributed by atoms with Gasteiger partial charge >= 0.3 is 0 Å². The number of carbonyl (C=O) groups is 1. The summed E-state index contributed by atoms with van der Waals surface area (Å²) in [6, 6.07) is 7.29. The fourth-order valence-electron chi connectivity index (χ4n) is 4.22. The van der Waals surface area contributed by atoms with Crippen molar-refractivity contribution < 1.29 is 4.79 Å². The first kappa shape index (κ1) is 17.4. The molecule has 2 unspecified atom stereocenters. The lowest BCUT2D eigenvalue weighted by molar-refractivity contribution is -0.136. The molecule has 0 spiro atoms. The largest absolute Gasteiger partial charge is 0.388 e. The number of nitrogens with zero attached hydrogens (tertiary/aromatic N) is 2. The minimum Gasteiger partial charge on any atom is -0.388 e. The normalized spacial score (nSPS) is 27.9. The fraction of sp³-hybridized carbons (Fsp3) is 0.632. The molecule has 1 saturated carbocycles. The number of hydrogen-bond acceptors (Lipinski definition) is 3. The topological polar surface area (TPSA) is 35.6 Å². The number of fused-ring (bicyclic) bond motifs is 2. The van der Waals surface area contributed by atoms with Gasteiger partial charge in [0.25, 0.3) is 0 Å². The molecule has 1 aromatic rings. The lowest BCUT2D eigenvalue weighted by atomic mass is 9.75. The minimum atomic E-state index is 0.603. The number of nitrogens with one attached hydrogen (secondary N) is 1. The van der Waals surface area contributed by atoms with Crippen LogP contribution in [0, 0.1) is 5.92 Å². The molecule has 1 amide bonds. The second-order valence-corrected chi connectivity index (χ2v) is 7.69. The Bertz CT molecular complexity index is 562. The quantitative estimate of drug-likeness (QED) is 0.838. The van der Waals surface area contributed by atoms with Gasteiger partial charge in [-0.15, -0.1) is 0 Å². The third-order valence-corrected chi connectivity index (χ3v) is 5.86. The van der Waals surface area contributed by atoms with Crippen molar-refractivity contribution in [1.82, 2.24) is 4.90 Å². The predicted octanol–water partition coefficient (Wildman–Crippen LogP) is 4.00. The average Bonchev–Trinajstić information content (AvgIpc) is 3.10. The molecule has 1 aromatic carbocycles. The number of rotatable bonds is 3. The zero-order valence-corrected chi connectivity index (χ0v) is 15.4. The summed E-state index contributed by atoms with van der Waals surface area (Å²) in [4.78, 5) is 14.8. The van der Waals surface area contributed by atoms with Gasteiger partial charge in [-0.1, -0.05) is 18.5 Å². The van der Waals surface area contributed by atoms with Crippen LogP contribution < -0.4 is 10.2 Å². The van der Waals surface area contributed by atoms with E-state index in [4.69, 9.17) is 11.6 Å². The maximum atomic E-state index is 10.4. The van der Waals surface area contributed by atoms with Crippen molar-refractivity contribution in [2.75, 3.05) is 30.4 Å². The van der Waals surface area contributed by atoms with Crippen molar-refractivity contribution in [1.29, 1.82) is 0 Å². The van der Waals surface area contributed by atoms with Crippen LogP contribution in [0.1, 0.15) is 39.0 Å². The van der Waals surface area contributed by atoms with E-state index in [1.165, 1.54) is 32.1 Å². The smallest absolute Gasteiger partial charge is 0.210 e. The molecule has 24 heavy (non-hydrogen) atoms. The van der Waals surface area contributed by atoms with Crippen molar-refractivity contribution in [2.24, 2.45) is 5.92 Å². The summed E-state index contributed by atoms with van der Waals surface area (Å²) >= 11 is 6.16. The third-order valence-electron chi connectivity index (χ3n) is 5.54. The Labute approximate surface area is 150 Å². The molecule has 0 aromatic heterocycles. The molecule has 3 heterocycles. The highest BCUT2D eigenvalue weighted by atomic mass is 35.5. The first-order valence-electron chi connectivity index (χ1n) is 9.07. The third kappa shape index (κ3) is 3.64. The first-order valence-corrected chi connectivity index (χ1v) is 9.45. The van der Waals surface area contributed by atoms with Crippen LogP contribution in [-0.4, -0.2) is 43.5 Å². The molecule has 3 aliphatic heterocycles. The highest BCUT2D eigenvalue weighted by Gasteiger charge is 2.42. The van der Waals surface area contributed by atoms with Gasteiger partial charge in [0, 0.05) is 37.9 Å². The van der Waals surface area contributed by atoms with Crippen LogP contribution in [0.15, 0.2) is 18.2 Å². The van der Waals surface area contributed by atoms with Crippen molar-refractivity contribution in [3.8, 4) is 0 Å². The molecule has 1 N–H and O–H groups in total. The Kier molecular flexibility index (Phi) is 5.54. The van der Waals surface area contributed by atoms with E-state index < -0.39 is 0 Å². The van der Waals surface area contributed by atoms with E-state index in [0.29, 0.717) is 12.1 Å². The zero-order valence-electron chi connectivity index (χ0n) is 14.7. The van der Waals surface area contributed by atoms with Crippen LogP contribution in [0.2, 0.25) is 5.02 Å². The average molecular weight is 350 g/mol. The summed E-state index contributed by atoms with van der Waals surface area (Å²) in [5.74, 6) is 0.847. The monoisotopic (exact) mass is 349 g/mol. The maximum Gasteiger partial charge on any atom is 0.210 e. The Morgan fingerprint density at radius 1 is 1.17 bits per heavy atom. The lowest BCUT2D eigenvalue weighted by Gasteiger charge is -2.53. The number of anilines is 2. The number of hydrogen-bond donors (Lipinski definition) is 1. The van der Waals surface area contributed by atoms with E-state index in [9.17, 15) is 4.79 Å². The second-order valence-electron chi connectivity index (χ2n) is 7.28. The van der Waals surface area contributed by atoms with E-state index >= 15 is 0 Å². The lowest BCUT2D eigenvalue weighted by Crippen LogP contribution is -2.59. The first-order chi connectivity index (χ1) is 11.6. The molecule has 5 rings (SSSR count). The Balaban J connectivity index is 0.000000149. The second kappa shape index (κ2) is 7.64. The van der Waals surface area contributed by atoms with Crippen LogP contribution in [0.5, 0.6) is 0 Å². The summed E-state index contributed by atoms with van der Waals surface area (Å²) in [5.41, 5.74) is 2.28. The molecule has 5 heteroatoms. The number of carbonyl (C=O) groups excluding carboxylic acids is 1. The molecule has 0 radical (unpaired) electrons. The van der Waals surface area contributed by atoms with E-state index in [-0.39, 0.29) is 0 Å². The standard InChI is InChI=1S/C11H15ClN2.C8H13NO/c1-13-9-4-5-10(12)11(8-9)14-6-2-3-7-14;1-6-2-7-4-8(3-6)9(7)5-10/h4-5,8,13H,2-3,6-7H2,1H3;5-8H,2-4H2,1H3/t;6?,7-,8?/m.1/s1. The van der Waals surface area contributed by atoms with Gasteiger partial charge in [0.2, 0.25) is 6.41 Å². The number of amides is 1. The Morgan fingerprint density at radius 3 is 2.42 bits per heavy atom. The van der Waals surface area contributed by atoms with Gasteiger partial charge in [-0.05, 0) is 56.2 Å². The van der Waals surface area contributed by atoms with Crippen molar-refractivity contribution >= 4 is 29.4 Å². The SMILES string of the molecule is CC1CC2C[C@@H](C1)N2C=O.CNc1ccc(Cl)c(N2CCCC2)c1. The fourth-order valence-corrected chi connectivity index (χ4v) is 4.46. The van der Waals surface area contributed by atoms with Crippen LogP contribution in [0.25, 0.3) is 0 Å². The van der Waals surface area contributed by atoms with Crippen molar-refractivity contribution in [2.45, 2.75) is 51.1 Å². The van der Waals surface area contributed by atoms with E-state index in [2.05, 4.69) is 23.2 Å². The number of halogens is 1. The van der Waals surface area contributed by atoms with Crippen LogP contribution >= 0.6 is 11.6 Å². The molecule has 1 aliphatic carbocycles. The molecule has 4 fully saturated rings. The summed E-state index contributed by atoms with van der Waals surface area (Å²) in [6.07, 6.45) is 7.30. The predicted molar refractivity (Wildman–Crippen MR) is 101 cm³/mol. The van der Waals surface area contributed by atoms with Crippen LogP contribution in [0.4, 0.5) is 11.4 Å². The van der Waals surface area contributed by atoms with Gasteiger partial charge in [-0.2, -0.15) is 0 Å². The van der Waals surface area contributed by atoms with E-state index in [1.807, 2.05) is 24.1 Å². The highest BCUT2D eigenvalue weighted by Crippen LogP contribution is 2.39. The van der Waals surface area contributed by atoms with Gasteiger partial charge in [-0.25, -0.2) is 0 Å². The Hall–Kier alpha value is -1.42. The van der Waals surface area contributed by atoms with Crippen molar-refractivity contribution in [3.05, 3.63) is 23.2 Å². The van der Waals surface area contributed by atoms with Gasteiger partial charge in [0.15, 0.2) is 0 Å². The maximum absolute atomic E-state index is 10.4. The molecule has 4 aliphatic rings.